The molecular weight excluding hydrogens is 468 g/mol. The molecule has 2 amide bonds. The van der Waals surface area contributed by atoms with Crippen LogP contribution < -0.4 is 21.1 Å². The topological polar surface area (TPSA) is 106 Å². The van der Waals surface area contributed by atoms with Gasteiger partial charge in [-0.3, -0.25) is 14.6 Å². The van der Waals surface area contributed by atoms with E-state index in [0.717, 1.165) is 18.2 Å². The third-order valence-corrected chi connectivity index (χ3v) is 3.98. The van der Waals surface area contributed by atoms with E-state index in [2.05, 4.69) is 28.9 Å². The summed E-state index contributed by atoms with van der Waals surface area (Å²) in [4.78, 5) is 24.9. The predicted octanol–water partition coefficient (Wildman–Crippen LogP) is 4.56. The van der Waals surface area contributed by atoms with Gasteiger partial charge in [-0.1, -0.05) is 18.2 Å². The molecule has 0 atom stereocenters. The first kappa shape index (κ1) is 27.2. The normalized spacial score (nSPS) is 10.9. The molecule has 0 spiro atoms. The van der Waals surface area contributed by atoms with Gasteiger partial charge >= 0.3 is 6.18 Å². The molecule has 2 rings (SSSR count). The number of nitrogen functional groups attached to an aromatic ring is 1. The van der Waals surface area contributed by atoms with E-state index in [9.17, 15) is 27.2 Å². The number of nitrogens with one attached hydrogen (secondary N) is 2. The molecule has 0 radical (unpaired) electrons. The number of aliphatic imine (C=N–C) groups is 1. The lowest BCUT2D eigenvalue weighted by Crippen LogP contribution is -2.19. The number of allylic oxidation sites excluding steroid dienone is 1. The minimum Gasteiger partial charge on any atom is -0.458 e. The number of rotatable bonds is 7. The van der Waals surface area contributed by atoms with Crippen LogP contribution in [0.1, 0.15) is 5.56 Å². The Bertz CT molecular complexity index is 1070. The molecule has 0 aromatic heterocycles. The second kappa shape index (κ2) is 12.2. The minimum absolute atomic E-state index is 0.0207. The van der Waals surface area contributed by atoms with Crippen LogP contribution in [-0.2, 0) is 15.8 Å². The lowest BCUT2D eigenvalue weighted by Gasteiger charge is -2.09. The Morgan fingerprint density at radius 3 is 2.42 bits per heavy atom. The van der Waals surface area contributed by atoms with Crippen molar-refractivity contribution < 1.29 is 31.9 Å². The summed E-state index contributed by atoms with van der Waals surface area (Å²) in [7, 11) is 1.46. The van der Waals surface area contributed by atoms with E-state index in [4.69, 9.17) is 22.1 Å². The molecule has 0 aliphatic carbocycles. The number of hydrogen-bond acceptors (Lipinski definition) is 5. The van der Waals surface area contributed by atoms with Gasteiger partial charge in [-0.25, -0.2) is 4.39 Å². The second-order valence-electron chi connectivity index (χ2n) is 5.97. The van der Waals surface area contributed by atoms with Crippen LogP contribution in [0.25, 0.3) is 0 Å². The zero-order valence-electron chi connectivity index (χ0n) is 17.2. The zero-order chi connectivity index (χ0) is 25.2. The molecular formula is C21H19ClF4N4O3. The van der Waals surface area contributed by atoms with E-state index >= 15 is 0 Å². The first-order chi connectivity index (χ1) is 15.4. The van der Waals surface area contributed by atoms with E-state index in [1.54, 1.807) is 0 Å². The fourth-order valence-corrected chi connectivity index (χ4v) is 2.34. The number of carbonyl (C=O) groups excluding carboxylic acids is 2. The summed E-state index contributed by atoms with van der Waals surface area (Å²) in [5.74, 6) is -0.686. The van der Waals surface area contributed by atoms with Crippen LogP contribution in [0.15, 0.2) is 65.5 Å². The number of carbonyl (C=O) groups is 2. The SMILES string of the molecule is C=N/C(=C\C(=C)Oc1ccc(N)c(F)c1)C(=O)NC.O=CNc1ccc(Cl)c(C(F)(F)F)c1. The Labute approximate surface area is 191 Å². The molecule has 0 saturated heterocycles. The van der Waals surface area contributed by atoms with Crippen LogP contribution in [0.5, 0.6) is 5.75 Å². The fraction of sp³-hybridized carbons (Fsp3) is 0.0952. The number of benzene rings is 2. The van der Waals surface area contributed by atoms with E-state index < -0.39 is 28.5 Å². The van der Waals surface area contributed by atoms with Crippen molar-refractivity contribution >= 4 is 42.0 Å². The van der Waals surface area contributed by atoms with Crippen molar-refractivity contribution in [3.8, 4) is 5.75 Å². The van der Waals surface area contributed by atoms with Gasteiger partial charge < -0.3 is 21.1 Å². The molecule has 0 fully saturated rings. The zero-order valence-corrected chi connectivity index (χ0v) is 17.9. The molecule has 0 heterocycles. The summed E-state index contributed by atoms with van der Waals surface area (Å²) in [6.07, 6.45) is -2.93. The number of alkyl halides is 3. The van der Waals surface area contributed by atoms with Crippen LogP contribution in [0.3, 0.4) is 0 Å². The quantitative estimate of drug-likeness (QED) is 0.101. The summed E-state index contributed by atoms with van der Waals surface area (Å²) in [5, 5.41) is 4.10. The summed E-state index contributed by atoms with van der Waals surface area (Å²) in [6.45, 7) is 6.85. The van der Waals surface area contributed by atoms with Gasteiger partial charge in [-0.15, -0.1) is 0 Å². The van der Waals surface area contributed by atoms with Crippen molar-refractivity contribution in [2.45, 2.75) is 6.18 Å². The highest BCUT2D eigenvalue weighted by molar-refractivity contribution is 6.31. The van der Waals surface area contributed by atoms with Crippen molar-refractivity contribution in [3.05, 3.63) is 76.9 Å². The number of amides is 2. The maximum absolute atomic E-state index is 13.2. The first-order valence-electron chi connectivity index (χ1n) is 8.82. The Hall–Kier alpha value is -3.86. The van der Waals surface area contributed by atoms with Gasteiger partial charge in [0.1, 0.15) is 23.0 Å². The van der Waals surface area contributed by atoms with Crippen molar-refractivity contribution in [3.63, 3.8) is 0 Å². The number of halogens is 5. The molecule has 7 nitrogen and oxygen atoms in total. The standard InChI is InChI=1S/C13H14FN3O2.C8H5ClF3NO/c1-8(6-12(16-2)13(18)17-3)19-9-4-5-11(15)10(14)7-9;9-7-2-1-5(13-4-14)3-6(7)8(10,11)12/h4-7H,1-2,15H2,3H3,(H,17,18);1-4H,(H,13,14)/b12-6-;. The largest absolute Gasteiger partial charge is 0.458 e. The molecule has 4 N–H and O–H groups in total. The van der Waals surface area contributed by atoms with Gasteiger partial charge in [0.25, 0.3) is 5.91 Å². The van der Waals surface area contributed by atoms with Gasteiger partial charge in [-0.05, 0) is 37.0 Å². The van der Waals surface area contributed by atoms with Crippen molar-refractivity contribution in [2.24, 2.45) is 4.99 Å². The fourth-order valence-electron chi connectivity index (χ4n) is 2.12. The van der Waals surface area contributed by atoms with Crippen molar-refractivity contribution in [1.82, 2.24) is 5.32 Å². The number of ether oxygens (including phenoxy) is 1. The van der Waals surface area contributed by atoms with Gasteiger partial charge in [-0.2, -0.15) is 13.2 Å². The van der Waals surface area contributed by atoms with Crippen LogP contribution >= 0.6 is 11.6 Å². The molecule has 12 heteroatoms. The Kier molecular flexibility index (Phi) is 10.1. The molecule has 176 valence electrons. The Morgan fingerprint density at radius 1 is 1.24 bits per heavy atom. The maximum Gasteiger partial charge on any atom is 0.417 e. The minimum atomic E-state index is -4.52. The predicted molar refractivity (Wildman–Crippen MR) is 118 cm³/mol. The molecule has 0 bridgehead atoms. The van der Waals surface area contributed by atoms with Crippen molar-refractivity contribution in [2.75, 3.05) is 18.1 Å². The number of nitrogens with zero attached hydrogens (tertiary/aromatic N) is 1. The van der Waals surface area contributed by atoms with Crippen LogP contribution in [0, 0.1) is 5.82 Å². The summed E-state index contributed by atoms with van der Waals surface area (Å²) in [6, 6.07) is 7.11. The average molecular weight is 487 g/mol. The highest BCUT2D eigenvalue weighted by Crippen LogP contribution is 2.36. The van der Waals surface area contributed by atoms with E-state index in [0.29, 0.717) is 6.41 Å². The van der Waals surface area contributed by atoms with Crippen molar-refractivity contribution in [1.29, 1.82) is 0 Å². The van der Waals surface area contributed by atoms with Crippen LogP contribution in [-0.4, -0.2) is 26.1 Å². The highest BCUT2D eigenvalue weighted by Gasteiger charge is 2.33. The van der Waals surface area contributed by atoms with Crippen LogP contribution in [0.4, 0.5) is 28.9 Å². The summed E-state index contributed by atoms with van der Waals surface area (Å²) in [5.41, 5.74) is 4.49. The third-order valence-electron chi connectivity index (χ3n) is 3.65. The van der Waals surface area contributed by atoms with Gasteiger partial charge in [0.05, 0.1) is 16.3 Å². The van der Waals surface area contributed by atoms with E-state index in [1.807, 2.05) is 0 Å². The monoisotopic (exact) mass is 486 g/mol. The Balaban J connectivity index is 0.000000346. The maximum atomic E-state index is 13.2. The molecule has 0 saturated carbocycles. The molecule has 33 heavy (non-hydrogen) atoms. The molecule has 0 unspecified atom stereocenters. The van der Waals surface area contributed by atoms with E-state index in [1.165, 1.54) is 31.3 Å². The Morgan fingerprint density at radius 2 is 1.91 bits per heavy atom. The van der Waals surface area contributed by atoms with Gasteiger partial charge in [0.15, 0.2) is 0 Å². The van der Waals surface area contributed by atoms with E-state index in [-0.39, 0.29) is 28.6 Å². The first-order valence-corrected chi connectivity index (χ1v) is 9.20. The van der Waals surface area contributed by atoms with Crippen LogP contribution in [0.2, 0.25) is 5.02 Å². The summed E-state index contributed by atoms with van der Waals surface area (Å²) < 4.78 is 55.2. The smallest absolute Gasteiger partial charge is 0.417 e. The second-order valence-corrected chi connectivity index (χ2v) is 6.38. The highest BCUT2D eigenvalue weighted by atomic mass is 35.5. The molecule has 0 aliphatic heterocycles. The number of nitrogens with two attached hydrogens (primary N) is 1. The van der Waals surface area contributed by atoms with Gasteiger partial charge in [0.2, 0.25) is 6.41 Å². The number of hydrogen-bond donors (Lipinski definition) is 3. The number of anilines is 2. The molecule has 0 aliphatic rings. The molecule has 2 aromatic carbocycles. The third kappa shape index (κ3) is 8.65. The lowest BCUT2D eigenvalue weighted by molar-refractivity contribution is -0.137. The average Bonchev–Trinajstić information content (AvgIpc) is 2.75. The summed E-state index contributed by atoms with van der Waals surface area (Å²) >= 11 is 5.34. The molecule has 2 aromatic rings. The lowest BCUT2D eigenvalue weighted by atomic mass is 10.2. The number of likely N-dealkylation sites (N-methyl/N-ethyl adjacent to an activating group) is 1. The van der Waals surface area contributed by atoms with Gasteiger partial charge in [0, 0.05) is 24.9 Å².